The van der Waals surface area contributed by atoms with Crippen LogP contribution in [-0.4, -0.2) is 40.9 Å². The first kappa shape index (κ1) is 23.0. The molecule has 7 nitrogen and oxygen atoms in total. The van der Waals surface area contributed by atoms with Crippen molar-refractivity contribution in [3.05, 3.63) is 65.2 Å². The molecular weight excluding hydrogens is 428 g/mol. The van der Waals surface area contributed by atoms with Gasteiger partial charge in [0.2, 0.25) is 0 Å². The number of halogens is 2. The molecule has 0 radical (unpaired) electrons. The molecule has 2 aromatic carbocycles. The molecule has 2 atom stereocenters. The Morgan fingerprint density at radius 3 is 2.68 bits per heavy atom. The SMILES string of the molecule is Cc1ccc(S(=O)(=O)OC[C@@H]2CO[C@@](CN=CN=CN)(c3ccc(F)cc3F)C2)cc1. The maximum Gasteiger partial charge on any atom is 0.296 e. The molecule has 1 heterocycles. The predicted molar refractivity (Wildman–Crippen MR) is 112 cm³/mol. The van der Waals surface area contributed by atoms with Gasteiger partial charge in [-0.25, -0.2) is 13.8 Å². The Bertz CT molecular complexity index is 1070. The van der Waals surface area contributed by atoms with Gasteiger partial charge in [0.1, 0.15) is 23.6 Å². The molecule has 0 bridgehead atoms. The Hall–Kier alpha value is -2.69. The molecule has 10 heteroatoms. The molecule has 1 saturated heterocycles. The van der Waals surface area contributed by atoms with E-state index in [-0.39, 0.29) is 42.6 Å². The van der Waals surface area contributed by atoms with E-state index in [9.17, 15) is 17.2 Å². The standard InChI is InChI=1S/C21H23F2N3O4S/c1-15-2-5-18(6-3-15)31(27,28)30-11-16-9-21(29-10-16,12-25-14-26-13-24)19-7-4-17(22)8-20(19)23/h2-8,13-14,16H,9-12H2,1H3,(H2,24,25,26)/t16-,21-/m0/s1. The minimum absolute atomic E-state index is 0.00585. The second-order valence-electron chi connectivity index (χ2n) is 7.31. The van der Waals surface area contributed by atoms with Gasteiger partial charge in [0, 0.05) is 17.5 Å². The van der Waals surface area contributed by atoms with Gasteiger partial charge in [-0.05, 0) is 31.5 Å². The Balaban J connectivity index is 1.77. The summed E-state index contributed by atoms with van der Waals surface area (Å²) in [6, 6.07) is 9.52. The second kappa shape index (κ2) is 9.63. The zero-order chi connectivity index (χ0) is 22.5. The number of aliphatic imine (C=N–C) groups is 2. The highest BCUT2D eigenvalue weighted by Crippen LogP contribution is 2.41. The van der Waals surface area contributed by atoms with Crippen molar-refractivity contribution in [2.45, 2.75) is 23.8 Å². The third-order valence-electron chi connectivity index (χ3n) is 4.99. The van der Waals surface area contributed by atoms with Gasteiger partial charge in [-0.3, -0.25) is 9.18 Å². The van der Waals surface area contributed by atoms with Gasteiger partial charge in [0.15, 0.2) is 0 Å². The highest BCUT2D eigenvalue weighted by molar-refractivity contribution is 7.86. The summed E-state index contributed by atoms with van der Waals surface area (Å²) in [7, 11) is -3.95. The normalized spacial score (nSPS) is 22.0. The summed E-state index contributed by atoms with van der Waals surface area (Å²) < 4.78 is 63.9. The number of ether oxygens (including phenoxy) is 1. The Labute approximate surface area is 179 Å². The first-order chi connectivity index (χ1) is 14.8. The quantitative estimate of drug-likeness (QED) is 0.378. The minimum Gasteiger partial charge on any atom is -0.390 e. The summed E-state index contributed by atoms with van der Waals surface area (Å²) >= 11 is 0. The summed E-state index contributed by atoms with van der Waals surface area (Å²) in [4.78, 5) is 7.83. The van der Waals surface area contributed by atoms with E-state index >= 15 is 0 Å². The molecule has 31 heavy (non-hydrogen) atoms. The fourth-order valence-corrected chi connectivity index (χ4v) is 4.42. The lowest BCUT2D eigenvalue weighted by atomic mass is 9.87. The van der Waals surface area contributed by atoms with Crippen LogP contribution in [0.15, 0.2) is 57.3 Å². The third-order valence-corrected chi connectivity index (χ3v) is 6.28. The summed E-state index contributed by atoms with van der Waals surface area (Å²) in [5.41, 5.74) is 5.02. The molecule has 3 rings (SSSR count). The summed E-state index contributed by atoms with van der Waals surface area (Å²) in [5.74, 6) is -1.83. The number of rotatable bonds is 8. The zero-order valence-electron chi connectivity index (χ0n) is 16.9. The van der Waals surface area contributed by atoms with Crippen molar-refractivity contribution in [3.63, 3.8) is 0 Å². The molecule has 2 N–H and O–H groups in total. The van der Waals surface area contributed by atoms with Crippen molar-refractivity contribution in [1.29, 1.82) is 0 Å². The number of hydrogen-bond acceptors (Lipinski definition) is 5. The van der Waals surface area contributed by atoms with Crippen LogP contribution in [0.5, 0.6) is 0 Å². The molecule has 1 fully saturated rings. The Morgan fingerprint density at radius 1 is 1.26 bits per heavy atom. The van der Waals surface area contributed by atoms with E-state index in [1.165, 1.54) is 24.5 Å². The smallest absolute Gasteiger partial charge is 0.296 e. The van der Waals surface area contributed by atoms with Crippen LogP contribution in [0.25, 0.3) is 0 Å². The molecule has 0 aromatic heterocycles. The average Bonchev–Trinajstić information content (AvgIpc) is 3.14. The molecule has 0 amide bonds. The van der Waals surface area contributed by atoms with E-state index in [1.54, 1.807) is 12.1 Å². The van der Waals surface area contributed by atoms with Crippen LogP contribution in [0.2, 0.25) is 0 Å². The van der Waals surface area contributed by atoms with Crippen LogP contribution in [-0.2, 0) is 24.6 Å². The predicted octanol–water partition coefficient (Wildman–Crippen LogP) is 2.93. The van der Waals surface area contributed by atoms with Crippen LogP contribution in [0, 0.1) is 24.5 Å². The highest BCUT2D eigenvalue weighted by Gasteiger charge is 2.44. The van der Waals surface area contributed by atoms with Gasteiger partial charge in [-0.15, -0.1) is 0 Å². The van der Waals surface area contributed by atoms with Crippen LogP contribution in [0.1, 0.15) is 17.5 Å². The largest absolute Gasteiger partial charge is 0.390 e. The molecular formula is C21H23F2N3O4S. The molecule has 0 saturated carbocycles. The van der Waals surface area contributed by atoms with Crippen LogP contribution < -0.4 is 5.73 Å². The van der Waals surface area contributed by atoms with E-state index < -0.39 is 27.4 Å². The lowest BCUT2D eigenvalue weighted by Gasteiger charge is -2.27. The van der Waals surface area contributed by atoms with Gasteiger partial charge < -0.3 is 10.5 Å². The molecule has 0 unspecified atom stereocenters. The summed E-state index contributed by atoms with van der Waals surface area (Å²) in [6.07, 6.45) is 2.48. The Kier molecular flexibility index (Phi) is 7.14. The maximum atomic E-state index is 14.5. The van der Waals surface area contributed by atoms with Crippen molar-refractivity contribution in [1.82, 2.24) is 0 Å². The van der Waals surface area contributed by atoms with Crippen molar-refractivity contribution in [3.8, 4) is 0 Å². The highest BCUT2D eigenvalue weighted by atomic mass is 32.2. The molecule has 1 aliphatic heterocycles. The molecule has 166 valence electrons. The van der Waals surface area contributed by atoms with Gasteiger partial charge in [0.05, 0.1) is 31.0 Å². The average molecular weight is 451 g/mol. The van der Waals surface area contributed by atoms with Gasteiger partial charge in [-0.2, -0.15) is 8.42 Å². The molecule has 2 aromatic rings. The van der Waals surface area contributed by atoms with Gasteiger partial charge >= 0.3 is 0 Å². The third kappa shape index (κ3) is 5.52. The number of nitrogens with two attached hydrogens (primary N) is 1. The first-order valence-corrected chi connectivity index (χ1v) is 10.9. The molecule has 1 aliphatic rings. The van der Waals surface area contributed by atoms with Crippen molar-refractivity contribution in [2.24, 2.45) is 21.6 Å². The van der Waals surface area contributed by atoms with Gasteiger partial charge in [-0.1, -0.05) is 23.8 Å². The lowest BCUT2D eigenvalue weighted by molar-refractivity contribution is 0.00420. The fourth-order valence-electron chi connectivity index (χ4n) is 3.44. The topological polar surface area (TPSA) is 103 Å². The number of hydrogen-bond donors (Lipinski definition) is 1. The van der Waals surface area contributed by atoms with E-state index in [0.717, 1.165) is 24.0 Å². The van der Waals surface area contributed by atoms with Crippen LogP contribution >= 0.6 is 0 Å². The van der Waals surface area contributed by atoms with E-state index in [0.29, 0.717) is 0 Å². The Morgan fingerprint density at radius 2 is 2.00 bits per heavy atom. The van der Waals surface area contributed by atoms with Crippen molar-refractivity contribution in [2.75, 3.05) is 19.8 Å². The number of benzene rings is 2. The molecule has 0 aliphatic carbocycles. The van der Waals surface area contributed by atoms with Crippen LogP contribution in [0.3, 0.4) is 0 Å². The minimum atomic E-state index is -3.95. The second-order valence-corrected chi connectivity index (χ2v) is 8.92. The van der Waals surface area contributed by atoms with E-state index in [2.05, 4.69) is 9.98 Å². The van der Waals surface area contributed by atoms with E-state index in [1.807, 2.05) is 6.92 Å². The number of aryl methyl sites for hydroxylation is 1. The maximum absolute atomic E-state index is 14.5. The molecule has 0 spiro atoms. The number of nitrogens with zero attached hydrogens (tertiary/aromatic N) is 2. The zero-order valence-corrected chi connectivity index (χ0v) is 17.7. The first-order valence-electron chi connectivity index (χ1n) is 9.53. The monoisotopic (exact) mass is 451 g/mol. The lowest BCUT2D eigenvalue weighted by Crippen LogP contribution is -2.30. The van der Waals surface area contributed by atoms with Crippen molar-refractivity contribution >= 4 is 22.8 Å². The summed E-state index contributed by atoms with van der Waals surface area (Å²) in [5, 5.41) is 0. The van der Waals surface area contributed by atoms with Crippen molar-refractivity contribution < 1.29 is 26.1 Å². The fraction of sp³-hybridized carbons (Fsp3) is 0.333. The van der Waals surface area contributed by atoms with Gasteiger partial charge in [0.25, 0.3) is 10.1 Å². The van der Waals surface area contributed by atoms with Crippen LogP contribution in [0.4, 0.5) is 8.78 Å². The van der Waals surface area contributed by atoms with E-state index in [4.69, 9.17) is 14.7 Å². The summed E-state index contributed by atoms with van der Waals surface area (Å²) in [6.45, 7) is 1.82.